The van der Waals surface area contributed by atoms with E-state index in [1.54, 1.807) is 12.1 Å². The first-order valence-corrected chi connectivity index (χ1v) is 12.6. The zero-order valence-corrected chi connectivity index (χ0v) is 19.1. The maximum absolute atomic E-state index is 13.7. The van der Waals surface area contributed by atoms with E-state index in [1.165, 1.54) is 21.3 Å². The molecule has 8 nitrogen and oxygen atoms in total. The topological polar surface area (TPSA) is 96.4 Å². The van der Waals surface area contributed by atoms with Gasteiger partial charge < -0.3 is 19.5 Å². The molecule has 172 valence electrons. The Labute approximate surface area is 188 Å². The van der Waals surface area contributed by atoms with Crippen molar-refractivity contribution in [2.24, 2.45) is 0 Å². The number of hydrogen-bond acceptors (Lipinski definition) is 6. The lowest BCUT2D eigenvalue weighted by atomic mass is 10.0. The molecule has 1 amide bonds. The summed E-state index contributed by atoms with van der Waals surface area (Å²) in [5, 5.41) is 10.2. The van der Waals surface area contributed by atoms with Crippen LogP contribution in [0.25, 0.3) is 0 Å². The summed E-state index contributed by atoms with van der Waals surface area (Å²) < 4.78 is 40.6. The zero-order chi connectivity index (χ0) is 22.2. The largest absolute Gasteiger partial charge is 0.441 e. The second kappa shape index (κ2) is 8.86. The number of ether oxygens (including phenoxy) is 2. The van der Waals surface area contributed by atoms with Crippen LogP contribution in [0.3, 0.4) is 0 Å². The van der Waals surface area contributed by atoms with Crippen molar-refractivity contribution in [3.8, 4) is 0 Å². The van der Waals surface area contributed by atoms with Crippen LogP contribution < -0.4 is 0 Å². The van der Waals surface area contributed by atoms with Gasteiger partial charge in [-0.2, -0.15) is 4.31 Å². The summed E-state index contributed by atoms with van der Waals surface area (Å²) in [7, 11) is -3.86. The molecule has 0 unspecified atom stereocenters. The second-order valence-electron chi connectivity index (χ2n) is 8.61. The molecule has 31 heavy (non-hydrogen) atoms. The quantitative estimate of drug-likeness (QED) is 0.683. The number of hydrogen-bond donors (Lipinski definition) is 1. The Morgan fingerprint density at radius 1 is 1.29 bits per heavy atom. The zero-order valence-electron chi connectivity index (χ0n) is 17.6. The second-order valence-corrected chi connectivity index (χ2v) is 10.9. The average Bonchev–Trinajstić information content (AvgIpc) is 3.38. The van der Waals surface area contributed by atoms with Gasteiger partial charge >= 0.3 is 6.09 Å². The van der Waals surface area contributed by atoms with E-state index in [-0.39, 0.29) is 24.1 Å². The molecule has 1 N–H and O–H groups in total. The third-order valence-corrected chi connectivity index (χ3v) is 8.55. The van der Waals surface area contributed by atoms with Crippen molar-refractivity contribution in [2.45, 2.75) is 67.7 Å². The number of rotatable bonds is 6. The van der Waals surface area contributed by atoms with Crippen LogP contribution >= 0.6 is 11.6 Å². The van der Waals surface area contributed by atoms with Crippen LogP contribution in [0, 0.1) is 0 Å². The Balaban J connectivity index is 1.63. The maximum atomic E-state index is 13.7. The number of amides is 1. The molecular formula is C21H29ClN2O6S. The van der Waals surface area contributed by atoms with Gasteiger partial charge in [0, 0.05) is 24.2 Å². The number of likely N-dealkylation sites (tertiary alicyclic amines) is 1. The van der Waals surface area contributed by atoms with Gasteiger partial charge in [-0.1, -0.05) is 24.9 Å². The summed E-state index contributed by atoms with van der Waals surface area (Å²) in [5.41, 5.74) is -0.906. The van der Waals surface area contributed by atoms with E-state index in [0.29, 0.717) is 43.9 Å². The number of aliphatic hydroxyl groups is 1. The molecule has 0 spiro atoms. The van der Waals surface area contributed by atoms with Crippen LogP contribution in [-0.4, -0.2) is 78.9 Å². The Kier molecular flexibility index (Phi) is 6.52. The molecule has 2 aliphatic heterocycles. The van der Waals surface area contributed by atoms with Crippen molar-refractivity contribution in [1.29, 1.82) is 0 Å². The molecular weight excluding hydrogens is 444 g/mol. The normalized spacial score (nSPS) is 28.5. The number of halogens is 1. The summed E-state index contributed by atoms with van der Waals surface area (Å²) in [6, 6.07) is 5.19. The third-order valence-electron chi connectivity index (χ3n) is 6.33. The average molecular weight is 473 g/mol. The van der Waals surface area contributed by atoms with Gasteiger partial charge in [0.1, 0.15) is 5.60 Å². The molecule has 10 heteroatoms. The molecule has 3 fully saturated rings. The molecule has 3 aliphatic rings. The lowest BCUT2D eigenvalue weighted by Gasteiger charge is -2.44. The molecule has 0 bridgehead atoms. The van der Waals surface area contributed by atoms with Gasteiger partial charge in [0.2, 0.25) is 10.0 Å². The lowest BCUT2D eigenvalue weighted by molar-refractivity contribution is -0.0722. The van der Waals surface area contributed by atoms with Gasteiger partial charge in [-0.3, -0.25) is 0 Å². The minimum Gasteiger partial charge on any atom is -0.441 e. The minimum absolute atomic E-state index is 0.162. The van der Waals surface area contributed by atoms with Gasteiger partial charge in [-0.25, -0.2) is 13.2 Å². The molecule has 0 radical (unpaired) electrons. The highest BCUT2D eigenvalue weighted by Gasteiger charge is 2.60. The van der Waals surface area contributed by atoms with Crippen LogP contribution in [0.2, 0.25) is 5.02 Å². The van der Waals surface area contributed by atoms with Crippen LogP contribution in [-0.2, 0) is 19.5 Å². The number of aliphatic hydroxyl groups excluding tert-OH is 1. The predicted molar refractivity (Wildman–Crippen MR) is 114 cm³/mol. The number of morpholine rings is 1. The van der Waals surface area contributed by atoms with Crippen LogP contribution in [0.1, 0.15) is 39.0 Å². The fourth-order valence-corrected chi connectivity index (χ4v) is 6.51. The third kappa shape index (κ3) is 4.57. The van der Waals surface area contributed by atoms with Gasteiger partial charge in [0.15, 0.2) is 0 Å². The van der Waals surface area contributed by atoms with Crippen molar-refractivity contribution in [3.05, 3.63) is 29.3 Å². The Morgan fingerprint density at radius 2 is 2.00 bits per heavy atom. The Morgan fingerprint density at radius 3 is 2.58 bits per heavy atom. The smallest absolute Gasteiger partial charge is 0.410 e. The number of β-amino-alcohol motifs (C(OH)–C–C–N with tert-alkyl or cyclic N) is 1. The molecule has 3 atom stereocenters. The highest BCUT2D eigenvalue weighted by molar-refractivity contribution is 7.89. The summed E-state index contributed by atoms with van der Waals surface area (Å²) in [5.74, 6) is 0. The molecule has 1 aliphatic carbocycles. The van der Waals surface area contributed by atoms with Crippen molar-refractivity contribution in [2.75, 3.05) is 26.3 Å². The van der Waals surface area contributed by atoms with Crippen molar-refractivity contribution in [3.63, 3.8) is 0 Å². The minimum atomic E-state index is -3.86. The highest BCUT2D eigenvalue weighted by Crippen LogP contribution is 2.48. The summed E-state index contributed by atoms with van der Waals surface area (Å²) in [4.78, 5) is 14.4. The van der Waals surface area contributed by atoms with Crippen LogP contribution in [0.4, 0.5) is 4.79 Å². The van der Waals surface area contributed by atoms with Crippen molar-refractivity contribution < 1.29 is 27.8 Å². The molecule has 0 aromatic heterocycles. The summed E-state index contributed by atoms with van der Waals surface area (Å²) in [6.07, 6.45) is 2.07. The Bertz CT molecular complexity index is 903. The number of benzene rings is 1. The van der Waals surface area contributed by atoms with Crippen LogP contribution in [0.5, 0.6) is 0 Å². The Hall–Kier alpha value is -1.39. The molecule has 1 saturated carbocycles. The van der Waals surface area contributed by atoms with E-state index in [0.717, 1.165) is 6.42 Å². The number of carbonyl (C=O) groups excluding carboxylic acids is 1. The van der Waals surface area contributed by atoms with Crippen molar-refractivity contribution >= 4 is 27.7 Å². The standard InChI is InChI=1S/C21H29ClN2O6S/c1-2-3-16-13-29-14-19(24(16)31(27,28)18-6-4-15(22)5-7-18)21(9-10-21)30-20(26)23-11-8-17(25)12-23/h4-7,16-17,19,25H,2-3,8-14H2,1H3/t16-,17-,19-/m1/s1. The molecule has 2 heterocycles. The van der Waals surface area contributed by atoms with E-state index in [9.17, 15) is 18.3 Å². The van der Waals surface area contributed by atoms with Crippen molar-refractivity contribution in [1.82, 2.24) is 9.21 Å². The monoisotopic (exact) mass is 472 g/mol. The van der Waals surface area contributed by atoms with E-state index in [2.05, 4.69) is 0 Å². The molecule has 1 aromatic carbocycles. The predicted octanol–water partition coefficient (Wildman–Crippen LogP) is 2.63. The fraction of sp³-hybridized carbons (Fsp3) is 0.667. The first kappa shape index (κ1) is 22.8. The lowest BCUT2D eigenvalue weighted by Crippen LogP contribution is -2.61. The molecule has 1 aromatic rings. The van der Waals surface area contributed by atoms with E-state index in [4.69, 9.17) is 21.1 Å². The first-order valence-electron chi connectivity index (χ1n) is 10.8. The number of carbonyl (C=O) groups is 1. The summed E-state index contributed by atoms with van der Waals surface area (Å²) >= 11 is 5.96. The fourth-order valence-electron chi connectivity index (χ4n) is 4.51. The number of nitrogens with zero attached hydrogens (tertiary/aromatic N) is 2. The van der Waals surface area contributed by atoms with E-state index >= 15 is 0 Å². The van der Waals surface area contributed by atoms with Gasteiger partial charge in [-0.05, 0) is 49.9 Å². The van der Waals surface area contributed by atoms with E-state index in [1.807, 2.05) is 6.92 Å². The summed E-state index contributed by atoms with van der Waals surface area (Å²) in [6.45, 7) is 3.15. The molecule has 2 saturated heterocycles. The van der Waals surface area contributed by atoms with Gasteiger partial charge in [0.25, 0.3) is 0 Å². The van der Waals surface area contributed by atoms with Crippen LogP contribution in [0.15, 0.2) is 29.2 Å². The first-order chi connectivity index (χ1) is 14.8. The maximum Gasteiger partial charge on any atom is 0.410 e. The van der Waals surface area contributed by atoms with E-state index < -0.39 is 33.9 Å². The SMILES string of the molecule is CCC[C@@H]1COC[C@H](C2(OC(=O)N3CC[C@@H](O)C3)CC2)N1S(=O)(=O)c1ccc(Cl)cc1. The number of sulfonamides is 1. The highest BCUT2D eigenvalue weighted by atomic mass is 35.5. The van der Waals surface area contributed by atoms with Gasteiger partial charge in [-0.15, -0.1) is 0 Å². The van der Waals surface area contributed by atoms with Gasteiger partial charge in [0.05, 0.1) is 30.3 Å². The molecule has 4 rings (SSSR count).